The minimum Gasteiger partial charge on any atom is -0.343 e. The van der Waals surface area contributed by atoms with Crippen molar-refractivity contribution in [1.29, 1.82) is 0 Å². The maximum absolute atomic E-state index is 12.5. The molecule has 0 unspecified atom stereocenters. The number of hydrogen-bond donors (Lipinski definition) is 1. The van der Waals surface area contributed by atoms with Crippen LogP contribution in [0.4, 0.5) is 0 Å². The van der Waals surface area contributed by atoms with E-state index in [2.05, 4.69) is 5.32 Å². The van der Waals surface area contributed by atoms with Crippen molar-refractivity contribution in [3.05, 3.63) is 29.8 Å². The van der Waals surface area contributed by atoms with E-state index in [0.29, 0.717) is 36.9 Å². The lowest BCUT2D eigenvalue weighted by Gasteiger charge is -2.31. The van der Waals surface area contributed by atoms with Crippen molar-refractivity contribution in [1.82, 2.24) is 14.5 Å². The molecule has 2 aliphatic heterocycles. The molecular weight excluding hydrogens is 350 g/mol. The van der Waals surface area contributed by atoms with Crippen molar-refractivity contribution in [2.45, 2.75) is 49.5 Å². The third kappa shape index (κ3) is 4.45. The predicted octanol–water partition coefficient (Wildman–Crippen LogP) is 1.61. The van der Waals surface area contributed by atoms with Gasteiger partial charge in [0.15, 0.2) is 0 Å². The van der Waals surface area contributed by atoms with Crippen LogP contribution < -0.4 is 5.32 Å². The minimum atomic E-state index is -3.36. The second kappa shape index (κ2) is 8.50. The van der Waals surface area contributed by atoms with Crippen molar-refractivity contribution >= 4 is 15.9 Å². The molecule has 0 saturated carbocycles. The lowest BCUT2D eigenvalue weighted by atomic mass is 10.0. The van der Waals surface area contributed by atoms with Crippen LogP contribution in [0.1, 0.15) is 37.7 Å². The molecule has 144 valence electrons. The van der Waals surface area contributed by atoms with E-state index in [1.165, 1.54) is 0 Å². The van der Waals surface area contributed by atoms with Crippen LogP contribution in [0.3, 0.4) is 0 Å². The number of aryl methyl sites for hydroxylation is 1. The van der Waals surface area contributed by atoms with Crippen LogP contribution in [0.2, 0.25) is 0 Å². The highest BCUT2D eigenvalue weighted by atomic mass is 32.2. The molecule has 1 N–H and O–H groups in total. The molecule has 1 aromatic carbocycles. The Kier molecular flexibility index (Phi) is 6.32. The van der Waals surface area contributed by atoms with Gasteiger partial charge in [0.05, 0.1) is 4.90 Å². The Morgan fingerprint density at radius 2 is 1.77 bits per heavy atom. The zero-order valence-electron chi connectivity index (χ0n) is 15.5. The third-order valence-corrected chi connectivity index (χ3v) is 7.42. The van der Waals surface area contributed by atoms with Crippen molar-refractivity contribution in [2.75, 3.05) is 33.2 Å². The van der Waals surface area contributed by atoms with E-state index in [9.17, 15) is 13.2 Å². The van der Waals surface area contributed by atoms with Gasteiger partial charge in [-0.15, -0.1) is 0 Å². The summed E-state index contributed by atoms with van der Waals surface area (Å²) in [7, 11) is -1.47. The molecule has 7 heteroatoms. The van der Waals surface area contributed by atoms with Crippen LogP contribution in [0, 0.1) is 0 Å². The number of carbonyl (C=O) groups excluding carboxylic acids is 1. The molecule has 0 aromatic heterocycles. The lowest BCUT2D eigenvalue weighted by molar-refractivity contribution is -0.132. The van der Waals surface area contributed by atoms with Gasteiger partial charge in [-0.3, -0.25) is 4.79 Å². The number of sulfonamides is 1. The van der Waals surface area contributed by atoms with E-state index in [0.717, 1.165) is 44.3 Å². The first kappa shape index (κ1) is 19.3. The summed E-state index contributed by atoms with van der Waals surface area (Å²) < 4.78 is 26.6. The molecule has 2 saturated heterocycles. The Morgan fingerprint density at radius 1 is 1.15 bits per heavy atom. The summed E-state index contributed by atoms with van der Waals surface area (Å²) >= 11 is 0. The third-order valence-electron chi connectivity index (χ3n) is 5.50. The number of nitrogens with zero attached hydrogens (tertiary/aromatic N) is 2. The summed E-state index contributed by atoms with van der Waals surface area (Å²) in [4.78, 5) is 14.6. The normalized spacial score (nSPS) is 19.6. The summed E-state index contributed by atoms with van der Waals surface area (Å²) in [6.07, 6.45) is 4.97. The van der Waals surface area contributed by atoms with Gasteiger partial charge in [-0.2, -0.15) is 4.31 Å². The molecular formula is C19H29N3O3S. The van der Waals surface area contributed by atoms with Gasteiger partial charge >= 0.3 is 0 Å². The Labute approximate surface area is 156 Å². The van der Waals surface area contributed by atoms with Crippen molar-refractivity contribution in [2.24, 2.45) is 0 Å². The van der Waals surface area contributed by atoms with Gasteiger partial charge in [-0.05, 0) is 62.9 Å². The van der Waals surface area contributed by atoms with Crippen LogP contribution in [0.5, 0.6) is 0 Å². The second-order valence-corrected chi connectivity index (χ2v) is 9.18. The van der Waals surface area contributed by atoms with E-state index in [4.69, 9.17) is 0 Å². The first-order valence-corrected chi connectivity index (χ1v) is 11.0. The van der Waals surface area contributed by atoms with Crippen LogP contribution >= 0.6 is 0 Å². The zero-order valence-corrected chi connectivity index (χ0v) is 16.3. The van der Waals surface area contributed by atoms with Crippen LogP contribution in [-0.2, 0) is 21.2 Å². The van der Waals surface area contributed by atoms with E-state index in [1.807, 2.05) is 24.1 Å². The highest BCUT2D eigenvalue weighted by molar-refractivity contribution is 7.89. The number of rotatable bonds is 6. The van der Waals surface area contributed by atoms with Gasteiger partial charge in [-0.25, -0.2) is 8.42 Å². The molecule has 0 bridgehead atoms. The highest BCUT2D eigenvalue weighted by Gasteiger charge is 2.27. The molecule has 2 heterocycles. The number of hydrogen-bond acceptors (Lipinski definition) is 4. The number of benzene rings is 1. The molecule has 1 aromatic rings. The fourth-order valence-electron chi connectivity index (χ4n) is 3.73. The highest BCUT2D eigenvalue weighted by Crippen LogP contribution is 2.21. The van der Waals surface area contributed by atoms with E-state index < -0.39 is 10.0 Å². The Morgan fingerprint density at radius 3 is 2.38 bits per heavy atom. The minimum absolute atomic E-state index is 0.158. The molecule has 3 rings (SSSR count). The van der Waals surface area contributed by atoms with Crippen molar-refractivity contribution in [3.63, 3.8) is 0 Å². The fraction of sp³-hybridized carbons (Fsp3) is 0.632. The summed E-state index contributed by atoms with van der Waals surface area (Å²) in [5, 5.41) is 3.31. The number of amides is 1. The summed E-state index contributed by atoms with van der Waals surface area (Å²) in [6, 6.07) is 7.34. The molecule has 0 radical (unpaired) electrons. The Bertz CT molecular complexity index is 706. The van der Waals surface area contributed by atoms with Gasteiger partial charge in [0.2, 0.25) is 15.9 Å². The van der Waals surface area contributed by atoms with E-state index in [1.54, 1.807) is 16.4 Å². The lowest BCUT2D eigenvalue weighted by Crippen LogP contribution is -2.44. The van der Waals surface area contributed by atoms with Gasteiger partial charge in [-0.1, -0.05) is 12.1 Å². The average molecular weight is 380 g/mol. The number of nitrogens with one attached hydrogen (secondary N) is 1. The molecule has 6 nitrogen and oxygen atoms in total. The van der Waals surface area contributed by atoms with Crippen molar-refractivity contribution in [3.8, 4) is 0 Å². The van der Waals surface area contributed by atoms with Gasteiger partial charge in [0.25, 0.3) is 0 Å². The largest absolute Gasteiger partial charge is 0.343 e. The average Bonchev–Trinajstić information content (AvgIpc) is 3.22. The Balaban J connectivity index is 1.55. The zero-order chi connectivity index (χ0) is 18.6. The monoisotopic (exact) mass is 379 g/mol. The van der Waals surface area contributed by atoms with Crippen LogP contribution in [0.25, 0.3) is 0 Å². The quantitative estimate of drug-likeness (QED) is 0.815. The first-order valence-electron chi connectivity index (χ1n) is 9.54. The van der Waals surface area contributed by atoms with Crippen LogP contribution in [-0.4, -0.2) is 62.8 Å². The summed E-state index contributed by atoms with van der Waals surface area (Å²) in [5.74, 6) is 0.158. The summed E-state index contributed by atoms with van der Waals surface area (Å²) in [5.41, 5.74) is 0.998. The molecule has 2 fully saturated rings. The number of piperidine rings is 1. The maximum atomic E-state index is 12.5. The van der Waals surface area contributed by atoms with Crippen molar-refractivity contribution < 1.29 is 13.2 Å². The molecule has 0 aliphatic carbocycles. The van der Waals surface area contributed by atoms with Gasteiger partial charge in [0, 0.05) is 32.6 Å². The van der Waals surface area contributed by atoms with E-state index >= 15 is 0 Å². The van der Waals surface area contributed by atoms with Crippen LogP contribution in [0.15, 0.2) is 29.2 Å². The molecule has 1 amide bonds. The molecule has 26 heavy (non-hydrogen) atoms. The standard InChI is InChI=1S/C19H29N3O3S/c1-21(17-10-12-20-13-11-17)19(23)9-6-16-4-7-18(8-5-16)26(24,25)22-14-2-3-15-22/h4-5,7-8,17,20H,2-3,6,9-15H2,1H3. The molecule has 0 atom stereocenters. The van der Waals surface area contributed by atoms with E-state index in [-0.39, 0.29) is 5.91 Å². The van der Waals surface area contributed by atoms with Gasteiger partial charge < -0.3 is 10.2 Å². The maximum Gasteiger partial charge on any atom is 0.243 e. The predicted molar refractivity (Wildman–Crippen MR) is 101 cm³/mol. The number of carbonyl (C=O) groups is 1. The Hall–Kier alpha value is -1.44. The SMILES string of the molecule is CN(C(=O)CCc1ccc(S(=O)(=O)N2CCCC2)cc1)C1CCNCC1. The fourth-order valence-corrected chi connectivity index (χ4v) is 5.25. The smallest absolute Gasteiger partial charge is 0.243 e. The first-order chi connectivity index (χ1) is 12.5. The van der Waals surface area contributed by atoms with Gasteiger partial charge in [0.1, 0.15) is 0 Å². The summed E-state index contributed by atoms with van der Waals surface area (Å²) in [6.45, 7) is 3.16. The second-order valence-electron chi connectivity index (χ2n) is 7.24. The molecule has 0 spiro atoms. The topological polar surface area (TPSA) is 69.7 Å². The molecule has 2 aliphatic rings.